The Kier molecular flexibility index (Phi) is 4.55. The van der Waals surface area contributed by atoms with E-state index in [-0.39, 0.29) is 24.4 Å². The zero-order valence-electron chi connectivity index (χ0n) is 12.0. The molecule has 1 fully saturated rings. The molecule has 0 bridgehead atoms. The Morgan fingerprint density at radius 3 is 2.86 bits per heavy atom. The Bertz CT molecular complexity index is 607. The van der Waals surface area contributed by atoms with Crippen molar-refractivity contribution in [2.24, 2.45) is 0 Å². The van der Waals surface area contributed by atoms with Gasteiger partial charge < -0.3 is 4.74 Å². The molecule has 1 aromatic carbocycles. The summed E-state index contributed by atoms with van der Waals surface area (Å²) in [5, 5.41) is 11.3. The largest absolute Gasteiger partial charge is 0.496 e. The molecule has 1 unspecified atom stereocenters. The molecule has 21 heavy (non-hydrogen) atoms. The second-order valence-corrected chi connectivity index (χ2v) is 4.88. The number of rotatable bonds is 4. The molecule has 1 heterocycles. The zero-order chi connectivity index (χ0) is 15.4. The molecular weight excluding hydrogens is 270 g/mol. The lowest BCUT2D eigenvalue weighted by Gasteiger charge is -2.33. The summed E-state index contributed by atoms with van der Waals surface area (Å²) in [5.41, 5.74) is 1.31. The number of methoxy groups -OCH3 is 1. The fraction of sp³-hybridized carbons (Fsp3) is 0.400. The molecule has 110 valence electrons. The SMILES string of the molecule is CCC1C(=O)NC(=O)CN1Cc1cc(C#N)ccc1OC. The molecule has 1 aliphatic rings. The molecule has 0 aliphatic carbocycles. The summed E-state index contributed by atoms with van der Waals surface area (Å²) < 4.78 is 5.29. The topological polar surface area (TPSA) is 82.4 Å². The summed E-state index contributed by atoms with van der Waals surface area (Å²) >= 11 is 0. The van der Waals surface area contributed by atoms with Crippen molar-refractivity contribution in [2.75, 3.05) is 13.7 Å². The normalized spacial score (nSPS) is 19.0. The van der Waals surface area contributed by atoms with Gasteiger partial charge in [0.15, 0.2) is 0 Å². The third kappa shape index (κ3) is 3.20. The predicted octanol–water partition coefficient (Wildman–Crippen LogP) is 0.804. The standard InChI is InChI=1S/C15H17N3O3/c1-3-12-15(20)17-14(19)9-18(12)8-11-6-10(7-16)4-5-13(11)21-2/h4-6,12H,3,8-9H2,1-2H3,(H,17,19,20). The summed E-state index contributed by atoms with van der Waals surface area (Å²) in [5.74, 6) is 0.0616. The highest BCUT2D eigenvalue weighted by atomic mass is 16.5. The monoisotopic (exact) mass is 287 g/mol. The van der Waals surface area contributed by atoms with Crippen molar-refractivity contribution >= 4 is 11.8 Å². The van der Waals surface area contributed by atoms with Gasteiger partial charge in [0.25, 0.3) is 0 Å². The molecule has 1 aliphatic heterocycles. The molecule has 0 radical (unpaired) electrons. The number of ether oxygens (including phenoxy) is 1. The quantitative estimate of drug-likeness (QED) is 0.828. The van der Waals surface area contributed by atoms with Crippen LogP contribution in [-0.4, -0.2) is 36.4 Å². The molecule has 1 N–H and O–H groups in total. The Morgan fingerprint density at radius 2 is 2.24 bits per heavy atom. The van der Waals surface area contributed by atoms with Crippen molar-refractivity contribution in [2.45, 2.75) is 25.9 Å². The molecule has 6 nitrogen and oxygen atoms in total. The number of benzene rings is 1. The highest BCUT2D eigenvalue weighted by molar-refractivity contribution is 6.01. The predicted molar refractivity (Wildman–Crippen MR) is 75.3 cm³/mol. The van der Waals surface area contributed by atoms with Gasteiger partial charge in [-0.25, -0.2) is 0 Å². The maximum absolute atomic E-state index is 11.9. The van der Waals surface area contributed by atoms with E-state index >= 15 is 0 Å². The number of amides is 2. The van der Waals surface area contributed by atoms with Crippen LogP contribution in [0.15, 0.2) is 18.2 Å². The van der Waals surface area contributed by atoms with E-state index in [2.05, 4.69) is 11.4 Å². The highest BCUT2D eigenvalue weighted by Crippen LogP contribution is 2.23. The van der Waals surface area contributed by atoms with Gasteiger partial charge in [0, 0.05) is 12.1 Å². The minimum absolute atomic E-state index is 0.157. The van der Waals surface area contributed by atoms with Crippen LogP contribution in [0.4, 0.5) is 0 Å². The van der Waals surface area contributed by atoms with Crippen molar-refractivity contribution in [3.8, 4) is 11.8 Å². The van der Waals surface area contributed by atoms with Gasteiger partial charge in [-0.3, -0.25) is 19.8 Å². The lowest BCUT2D eigenvalue weighted by atomic mass is 10.1. The fourth-order valence-corrected chi connectivity index (χ4v) is 2.52. The van der Waals surface area contributed by atoms with Crippen molar-refractivity contribution in [1.82, 2.24) is 10.2 Å². The Labute approximate surface area is 123 Å². The van der Waals surface area contributed by atoms with E-state index < -0.39 is 0 Å². The Morgan fingerprint density at radius 1 is 1.48 bits per heavy atom. The number of hydrogen-bond donors (Lipinski definition) is 1. The van der Waals surface area contributed by atoms with E-state index in [0.29, 0.717) is 24.3 Å². The van der Waals surface area contributed by atoms with Gasteiger partial charge >= 0.3 is 0 Å². The smallest absolute Gasteiger partial charge is 0.243 e. The summed E-state index contributed by atoms with van der Waals surface area (Å²) in [7, 11) is 1.55. The number of carbonyl (C=O) groups is 2. The lowest BCUT2D eigenvalue weighted by Crippen LogP contribution is -2.57. The van der Waals surface area contributed by atoms with E-state index in [1.165, 1.54) is 0 Å². The molecule has 1 saturated heterocycles. The second kappa shape index (κ2) is 6.37. The summed E-state index contributed by atoms with van der Waals surface area (Å²) in [6.07, 6.45) is 0.610. The first kappa shape index (κ1) is 15.0. The first-order chi connectivity index (χ1) is 10.1. The maximum atomic E-state index is 11.9. The molecule has 1 atom stereocenters. The minimum Gasteiger partial charge on any atom is -0.496 e. The molecule has 6 heteroatoms. The van der Waals surface area contributed by atoms with Crippen LogP contribution in [0.1, 0.15) is 24.5 Å². The number of carbonyl (C=O) groups excluding carboxylic acids is 2. The highest BCUT2D eigenvalue weighted by Gasteiger charge is 2.32. The van der Waals surface area contributed by atoms with Gasteiger partial charge in [-0.2, -0.15) is 5.26 Å². The first-order valence-corrected chi connectivity index (χ1v) is 6.73. The third-order valence-corrected chi connectivity index (χ3v) is 3.52. The van der Waals surface area contributed by atoms with Crippen molar-refractivity contribution in [3.05, 3.63) is 29.3 Å². The first-order valence-electron chi connectivity index (χ1n) is 6.73. The van der Waals surface area contributed by atoms with Gasteiger partial charge in [0.1, 0.15) is 5.75 Å². The number of hydrogen-bond acceptors (Lipinski definition) is 5. The number of piperazine rings is 1. The molecule has 0 saturated carbocycles. The number of nitrogens with one attached hydrogen (secondary N) is 1. The maximum Gasteiger partial charge on any atom is 0.243 e. The minimum atomic E-state index is -0.349. The van der Waals surface area contributed by atoms with E-state index in [1.807, 2.05) is 6.92 Å². The second-order valence-electron chi connectivity index (χ2n) is 4.88. The summed E-state index contributed by atoms with van der Waals surface area (Å²) in [6.45, 7) is 2.44. The van der Waals surface area contributed by atoms with Crippen molar-refractivity contribution < 1.29 is 14.3 Å². The van der Waals surface area contributed by atoms with Crippen LogP contribution in [0.5, 0.6) is 5.75 Å². The van der Waals surface area contributed by atoms with Gasteiger partial charge in [-0.1, -0.05) is 6.92 Å². The van der Waals surface area contributed by atoms with Crippen LogP contribution < -0.4 is 10.1 Å². The van der Waals surface area contributed by atoms with E-state index in [4.69, 9.17) is 10.00 Å². The Balaban J connectivity index is 2.29. The van der Waals surface area contributed by atoms with Crippen LogP contribution >= 0.6 is 0 Å². The van der Waals surface area contributed by atoms with E-state index in [1.54, 1.807) is 30.2 Å². The Hall–Kier alpha value is -2.39. The molecular formula is C15H17N3O3. The third-order valence-electron chi connectivity index (χ3n) is 3.52. The molecule has 2 amide bonds. The average Bonchev–Trinajstić information content (AvgIpc) is 2.46. The molecule has 1 aromatic rings. The van der Waals surface area contributed by atoms with Crippen LogP contribution in [0.3, 0.4) is 0 Å². The average molecular weight is 287 g/mol. The van der Waals surface area contributed by atoms with E-state index in [9.17, 15) is 9.59 Å². The van der Waals surface area contributed by atoms with Gasteiger partial charge in [0.05, 0.1) is 31.3 Å². The van der Waals surface area contributed by atoms with Crippen LogP contribution in [0, 0.1) is 11.3 Å². The zero-order valence-corrected chi connectivity index (χ0v) is 12.0. The molecule has 0 spiro atoms. The van der Waals surface area contributed by atoms with Crippen LogP contribution in [0.25, 0.3) is 0 Å². The fourth-order valence-electron chi connectivity index (χ4n) is 2.52. The molecule has 2 rings (SSSR count). The van der Waals surface area contributed by atoms with Crippen LogP contribution in [0.2, 0.25) is 0 Å². The van der Waals surface area contributed by atoms with E-state index in [0.717, 1.165) is 5.56 Å². The van der Waals surface area contributed by atoms with Crippen molar-refractivity contribution in [3.63, 3.8) is 0 Å². The molecule has 0 aromatic heterocycles. The summed E-state index contributed by atoms with van der Waals surface area (Å²) in [4.78, 5) is 25.2. The van der Waals surface area contributed by atoms with Gasteiger partial charge in [-0.05, 0) is 24.6 Å². The number of nitriles is 1. The summed E-state index contributed by atoms with van der Waals surface area (Å²) in [6, 6.07) is 6.85. The lowest BCUT2D eigenvalue weighted by molar-refractivity contribution is -0.140. The van der Waals surface area contributed by atoms with Crippen LogP contribution in [-0.2, 0) is 16.1 Å². The number of nitrogens with zero attached hydrogens (tertiary/aromatic N) is 2. The van der Waals surface area contributed by atoms with Gasteiger partial charge in [0.2, 0.25) is 11.8 Å². The van der Waals surface area contributed by atoms with Gasteiger partial charge in [-0.15, -0.1) is 0 Å². The number of imide groups is 1. The van der Waals surface area contributed by atoms with Crippen molar-refractivity contribution in [1.29, 1.82) is 5.26 Å².